The van der Waals surface area contributed by atoms with E-state index in [4.69, 9.17) is 9.26 Å². The van der Waals surface area contributed by atoms with Crippen LogP contribution in [-0.2, 0) is 4.74 Å². The van der Waals surface area contributed by atoms with E-state index in [2.05, 4.69) is 28.3 Å². The van der Waals surface area contributed by atoms with Crippen LogP contribution in [0.3, 0.4) is 0 Å². The van der Waals surface area contributed by atoms with Gasteiger partial charge in [0.15, 0.2) is 5.58 Å². The maximum atomic E-state index is 5.50. The van der Waals surface area contributed by atoms with Crippen LogP contribution in [0.2, 0.25) is 0 Å². The molecular weight excluding hydrogens is 240 g/mol. The molecule has 4 heteroatoms. The van der Waals surface area contributed by atoms with Gasteiger partial charge < -0.3 is 14.2 Å². The van der Waals surface area contributed by atoms with Crippen molar-refractivity contribution < 1.29 is 9.26 Å². The molecule has 100 valence electrons. The highest BCUT2D eigenvalue weighted by Crippen LogP contribution is 2.32. The van der Waals surface area contributed by atoms with Gasteiger partial charge in [0.05, 0.1) is 18.9 Å². The van der Waals surface area contributed by atoms with E-state index < -0.39 is 0 Å². The lowest BCUT2D eigenvalue weighted by Crippen LogP contribution is -2.36. The van der Waals surface area contributed by atoms with Crippen molar-refractivity contribution in [2.24, 2.45) is 0 Å². The normalized spacial score (nSPS) is 16.6. The Balaban J connectivity index is 2.14. The Kier molecular flexibility index (Phi) is 3.25. The fourth-order valence-corrected chi connectivity index (χ4v) is 2.54. The lowest BCUT2D eigenvalue weighted by atomic mass is 10.1. The van der Waals surface area contributed by atoms with Gasteiger partial charge in [-0.15, -0.1) is 0 Å². The molecule has 1 aliphatic heterocycles. The van der Waals surface area contributed by atoms with E-state index in [0.717, 1.165) is 48.5 Å². The molecular formula is C15H18N2O2. The lowest BCUT2D eigenvalue weighted by molar-refractivity contribution is 0.122. The van der Waals surface area contributed by atoms with Crippen LogP contribution >= 0.6 is 0 Å². The molecule has 0 unspecified atom stereocenters. The van der Waals surface area contributed by atoms with Crippen molar-refractivity contribution in [3.05, 3.63) is 29.5 Å². The quantitative estimate of drug-likeness (QED) is 0.830. The lowest BCUT2D eigenvalue weighted by Gasteiger charge is -2.30. The maximum Gasteiger partial charge on any atom is 0.176 e. The molecule has 19 heavy (non-hydrogen) atoms. The van der Waals surface area contributed by atoms with E-state index in [-0.39, 0.29) is 0 Å². The first-order valence-electron chi connectivity index (χ1n) is 6.65. The zero-order valence-electron chi connectivity index (χ0n) is 11.3. The van der Waals surface area contributed by atoms with Crippen LogP contribution in [-0.4, -0.2) is 31.5 Å². The summed E-state index contributed by atoms with van der Waals surface area (Å²) in [7, 11) is 0. The molecule has 1 aromatic carbocycles. The van der Waals surface area contributed by atoms with Gasteiger partial charge in [-0.25, -0.2) is 0 Å². The van der Waals surface area contributed by atoms with Crippen LogP contribution in [0, 0.1) is 6.92 Å². The van der Waals surface area contributed by atoms with Gasteiger partial charge in [0.1, 0.15) is 0 Å². The summed E-state index contributed by atoms with van der Waals surface area (Å²) in [6, 6.07) is 4.26. The molecule has 4 nitrogen and oxygen atoms in total. The molecule has 0 atom stereocenters. The summed E-state index contributed by atoms with van der Waals surface area (Å²) < 4.78 is 10.9. The summed E-state index contributed by atoms with van der Waals surface area (Å²) in [5.74, 6) is 0. The molecule has 2 heterocycles. The number of allylic oxidation sites excluding steroid dienone is 1. The summed E-state index contributed by atoms with van der Waals surface area (Å²) in [5.41, 5.74) is 4.13. The number of benzene rings is 1. The van der Waals surface area contributed by atoms with Gasteiger partial charge in [-0.1, -0.05) is 17.3 Å². The average molecular weight is 258 g/mol. The Hall–Kier alpha value is -1.81. The smallest absolute Gasteiger partial charge is 0.176 e. The number of rotatable bonds is 2. The van der Waals surface area contributed by atoms with Gasteiger partial charge in [0.2, 0.25) is 0 Å². The predicted molar refractivity (Wildman–Crippen MR) is 76.5 cm³/mol. The Morgan fingerprint density at radius 1 is 1.26 bits per heavy atom. The Labute approximate surface area is 112 Å². The number of ether oxygens (including phenoxy) is 1. The van der Waals surface area contributed by atoms with Crippen molar-refractivity contribution in [1.82, 2.24) is 5.16 Å². The largest absolute Gasteiger partial charge is 0.378 e. The van der Waals surface area contributed by atoms with Crippen molar-refractivity contribution in [2.45, 2.75) is 13.8 Å². The predicted octanol–water partition coefficient (Wildman–Crippen LogP) is 3.01. The highest BCUT2D eigenvalue weighted by Gasteiger charge is 2.18. The number of fused-ring (bicyclic) bond motifs is 1. The topological polar surface area (TPSA) is 38.5 Å². The molecule has 1 aliphatic rings. The first-order valence-corrected chi connectivity index (χ1v) is 6.65. The molecule has 0 aliphatic carbocycles. The monoisotopic (exact) mass is 258 g/mol. The van der Waals surface area contributed by atoms with Crippen molar-refractivity contribution in [3.8, 4) is 0 Å². The zero-order valence-corrected chi connectivity index (χ0v) is 11.3. The first-order chi connectivity index (χ1) is 9.31. The third-order valence-electron chi connectivity index (χ3n) is 3.52. The van der Waals surface area contributed by atoms with Crippen LogP contribution in [0.25, 0.3) is 17.0 Å². The van der Waals surface area contributed by atoms with Crippen molar-refractivity contribution in [2.75, 3.05) is 31.2 Å². The zero-order chi connectivity index (χ0) is 13.2. The molecule has 1 fully saturated rings. The molecule has 0 N–H and O–H groups in total. The number of nitrogens with zero attached hydrogens (tertiary/aromatic N) is 2. The van der Waals surface area contributed by atoms with E-state index in [9.17, 15) is 0 Å². The number of morpholine rings is 1. The van der Waals surface area contributed by atoms with Gasteiger partial charge in [-0.05, 0) is 26.0 Å². The van der Waals surface area contributed by atoms with E-state index in [1.165, 1.54) is 5.69 Å². The van der Waals surface area contributed by atoms with Gasteiger partial charge in [0.25, 0.3) is 0 Å². The van der Waals surface area contributed by atoms with Gasteiger partial charge >= 0.3 is 0 Å². The molecule has 1 aromatic heterocycles. The van der Waals surface area contributed by atoms with E-state index >= 15 is 0 Å². The van der Waals surface area contributed by atoms with Crippen LogP contribution < -0.4 is 4.90 Å². The van der Waals surface area contributed by atoms with Crippen LogP contribution in [0.15, 0.2) is 22.7 Å². The van der Waals surface area contributed by atoms with Crippen LogP contribution in [0.4, 0.5) is 5.69 Å². The minimum atomic E-state index is 0.781. The molecule has 0 bridgehead atoms. The second-order valence-corrected chi connectivity index (χ2v) is 4.74. The SMILES string of the molecule is C/C=C/c1c(N2CCOCC2)ccc2c(C)noc12. The standard InChI is InChI=1S/C15H18N2O2/c1-3-4-13-14(17-7-9-18-10-8-17)6-5-12-11(2)16-19-15(12)13/h3-6H,7-10H2,1-2H3/b4-3+. The average Bonchev–Trinajstić information content (AvgIpc) is 2.83. The van der Waals surface area contributed by atoms with Crippen LogP contribution in [0.1, 0.15) is 18.2 Å². The second kappa shape index (κ2) is 5.05. The highest BCUT2D eigenvalue weighted by atomic mass is 16.5. The third-order valence-corrected chi connectivity index (χ3v) is 3.52. The summed E-state index contributed by atoms with van der Waals surface area (Å²) >= 11 is 0. The number of hydrogen-bond donors (Lipinski definition) is 0. The summed E-state index contributed by atoms with van der Waals surface area (Å²) in [6.45, 7) is 7.39. The van der Waals surface area contributed by atoms with E-state index in [0.29, 0.717) is 0 Å². The Bertz CT molecular complexity index is 610. The van der Waals surface area contributed by atoms with Gasteiger partial charge in [-0.2, -0.15) is 0 Å². The summed E-state index contributed by atoms with van der Waals surface area (Å²) in [4.78, 5) is 2.34. The maximum absolute atomic E-state index is 5.50. The minimum Gasteiger partial charge on any atom is -0.378 e. The fourth-order valence-electron chi connectivity index (χ4n) is 2.54. The number of anilines is 1. The molecule has 0 spiro atoms. The highest BCUT2D eigenvalue weighted by molar-refractivity contribution is 5.93. The Morgan fingerprint density at radius 3 is 2.79 bits per heavy atom. The van der Waals surface area contributed by atoms with E-state index in [1.807, 2.05) is 19.9 Å². The molecule has 0 radical (unpaired) electrons. The first kappa shape index (κ1) is 12.2. The van der Waals surface area contributed by atoms with E-state index in [1.54, 1.807) is 0 Å². The van der Waals surface area contributed by atoms with Crippen molar-refractivity contribution >= 4 is 22.7 Å². The summed E-state index contributed by atoms with van der Waals surface area (Å²) in [5, 5.41) is 5.16. The molecule has 3 rings (SSSR count). The minimum absolute atomic E-state index is 0.781. The van der Waals surface area contributed by atoms with Gasteiger partial charge in [-0.3, -0.25) is 0 Å². The van der Waals surface area contributed by atoms with Crippen LogP contribution in [0.5, 0.6) is 0 Å². The molecule has 0 saturated carbocycles. The molecule has 0 amide bonds. The van der Waals surface area contributed by atoms with Crippen molar-refractivity contribution in [1.29, 1.82) is 0 Å². The number of aromatic nitrogens is 1. The summed E-state index contributed by atoms with van der Waals surface area (Å²) in [6.07, 6.45) is 4.13. The number of aryl methyl sites for hydroxylation is 1. The molecule has 1 saturated heterocycles. The van der Waals surface area contributed by atoms with Crippen molar-refractivity contribution in [3.63, 3.8) is 0 Å². The number of hydrogen-bond acceptors (Lipinski definition) is 4. The Morgan fingerprint density at radius 2 is 2.05 bits per heavy atom. The second-order valence-electron chi connectivity index (χ2n) is 4.74. The third kappa shape index (κ3) is 2.12. The van der Waals surface area contributed by atoms with Gasteiger partial charge in [0, 0.05) is 29.7 Å². The fraction of sp³-hybridized carbons (Fsp3) is 0.400. The molecule has 2 aromatic rings.